The number of para-hydroxylation sites is 1. The van der Waals surface area contributed by atoms with Gasteiger partial charge in [-0.15, -0.1) is 12.4 Å². The first-order chi connectivity index (χ1) is 10.1. The fourth-order valence-electron chi connectivity index (χ4n) is 2.21. The molecule has 0 radical (unpaired) electrons. The predicted octanol–water partition coefficient (Wildman–Crippen LogP) is 2.25. The third-order valence-corrected chi connectivity index (χ3v) is 3.44. The van der Waals surface area contributed by atoms with Crippen LogP contribution in [0, 0.1) is 13.8 Å². The molecule has 5 nitrogen and oxygen atoms in total. The molecule has 1 amide bonds. The molecule has 0 aliphatic carbocycles. The van der Waals surface area contributed by atoms with Gasteiger partial charge in [-0.25, -0.2) is 4.68 Å². The van der Waals surface area contributed by atoms with E-state index in [2.05, 4.69) is 15.7 Å². The maximum Gasteiger partial charge on any atom is 0.254 e. The van der Waals surface area contributed by atoms with E-state index >= 15 is 0 Å². The number of halogens is 1. The van der Waals surface area contributed by atoms with E-state index in [0.717, 1.165) is 30.0 Å². The summed E-state index contributed by atoms with van der Waals surface area (Å²) in [6.45, 7) is 8.28. The van der Waals surface area contributed by atoms with E-state index in [-0.39, 0.29) is 18.3 Å². The minimum atomic E-state index is -0.0785. The first-order valence-electron chi connectivity index (χ1n) is 7.24. The van der Waals surface area contributed by atoms with Gasteiger partial charge in [0.15, 0.2) is 0 Å². The highest BCUT2D eigenvalue weighted by atomic mass is 35.5. The van der Waals surface area contributed by atoms with Gasteiger partial charge in [0.2, 0.25) is 0 Å². The first-order valence-corrected chi connectivity index (χ1v) is 7.24. The number of likely N-dealkylation sites (N-methyl/N-ethyl adjacent to an activating group) is 1. The number of nitrogens with zero attached hydrogens (tertiary/aromatic N) is 2. The molecule has 2 rings (SSSR count). The molecule has 0 saturated carbocycles. The molecular weight excluding hydrogens is 300 g/mol. The normalized spacial score (nSPS) is 10.1. The van der Waals surface area contributed by atoms with E-state index in [0.29, 0.717) is 12.1 Å². The lowest BCUT2D eigenvalue weighted by Gasteiger charge is -2.09. The lowest BCUT2D eigenvalue weighted by atomic mass is 10.2. The number of carbonyl (C=O) groups excluding carboxylic acids is 1. The van der Waals surface area contributed by atoms with Crippen LogP contribution in [0.4, 0.5) is 0 Å². The molecule has 0 spiro atoms. The van der Waals surface area contributed by atoms with Crippen molar-refractivity contribution in [3.8, 4) is 5.69 Å². The summed E-state index contributed by atoms with van der Waals surface area (Å²) in [4.78, 5) is 12.2. The summed E-state index contributed by atoms with van der Waals surface area (Å²) in [5.74, 6) is -0.0785. The van der Waals surface area contributed by atoms with Crippen molar-refractivity contribution in [2.75, 3.05) is 19.6 Å². The summed E-state index contributed by atoms with van der Waals surface area (Å²) in [6, 6.07) is 8.00. The fraction of sp³-hybridized carbons (Fsp3) is 0.375. The Bertz CT molecular complexity index is 624. The van der Waals surface area contributed by atoms with Crippen LogP contribution >= 0.6 is 12.4 Å². The van der Waals surface area contributed by atoms with Gasteiger partial charge in [0.05, 0.1) is 23.1 Å². The molecule has 0 aliphatic heterocycles. The molecule has 0 atom stereocenters. The fourth-order valence-corrected chi connectivity index (χ4v) is 2.21. The van der Waals surface area contributed by atoms with E-state index in [4.69, 9.17) is 0 Å². The van der Waals surface area contributed by atoms with Gasteiger partial charge in [0.25, 0.3) is 5.91 Å². The van der Waals surface area contributed by atoms with Crippen molar-refractivity contribution in [2.24, 2.45) is 0 Å². The number of amides is 1. The maximum absolute atomic E-state index is 12.2. The standard InChI is InChI=1S/C16H22N4O.ClH/c1-4-17-9-10-18-16(21)14-11-19-20(13(14)3)15-8-6-5-7-12(15)2;/h5-8,11,17H,4,9-10H2,1-3H3,(H,18,21);1H. The van der Waals surface area contributed by atoms with Gasteiger partial charge in [0.1, 0.15) is 0 Å². The number of benzene rings is 1. The van der Waals surface area contributed by atoms with Gasteiger partial charge in [-0.05, 0) is 32.0 Å². The molecule has 0 fully saturated rings. The monoisotopic (exact) mass is 322 g/mol. The first kappa shape index (κ1) is 18.2. The molecular formula is C16H23ClN4O. The van der Waals surface area contributed by atoms with Crippen LogP contribution in [0.5, 0.6) is 0 Å². The zero-order valence-corrected chi connectivity index (χ0v) is 14.0. The predicted molar refractivity (Wildman–Crippen MR) is 91.2 cm³/mol. The average molecular weight is 323 g/mol. The number of aromatic nitrogens is 2. The molecule has 2 aromatic rings. The Morgan fingerprint density at radius 1 is 1.23 bits per heavy atom. The molecule has 22 heavy (non-hydrogen) atoms. The maximum atomic E-state index is 12.2. The van der Waals surface area contributed by atoms with Crippen molar-refractivity contribution < 1.29 is 4.79 Å². The van der Waals surface area contributed by atoms with E-state index in [9.17, 15) is 4.79 Å². The molecule has 0 unspecified atom stereocenters. The summed E-state index contributed by atoms with van der Waals surface area (Å²) < 4.78 is 1.81. The van der Waals surface area contributed by atoms with Gasteiger partial charge in [-0.1, -0.05) is 25.1 Å². The number of hydrogen-bond acceptors (Lipinski definition) is 3. The molecule has 0 aliphatic rings. The highest BCUT2D eigenvalue weighted by molar-refractivity contribution is 5.95. The molecule has 0 saturated heterocycles. The molecule has 0 bridgehead atoms. The SMILES string of the molecule is CCNCCNC(=O)c1cnn(-c2ccccc2C)c1C.Cl. The number of hydrogen-bond donors (Lipinski definition) is 2. The largest absolute Gasteiger partial charge is 0.351 e. The minimum Gasteiger partial charge on any atom is -0.351 e. The molecule has 1 aromatic heterocycles. The highest BCUT2D eigenvalue weighted by Gasteiger charge is 2.15. The third kappa shape index (κ3) is 4.08. The molecule has 6 heteroatoms. The van der Waals surface area contributed by atoms with Crippen molar-refractivity contribution in [1.82, 2.24) is 20.4 Å². The second-order valence-corrected chi connectivity index (χ2v) is 4.95. The van der Waals surface area contributed by atoms with E-state index in [1.54, 1.807) is 6.20 Å². The number of nitrogens with one attached hydrogen (secondary N) is 2. The Morgan fingerprint density at radius 3 is 2.64 bits per heavy atom. The Labute approximate surface area is 137 Å². The van der Waals surface area contributed by atoms with Crippen LogP contribution < -0.4 is 10.6 Å². The average Bonchev–Trinajstić information content (AvgIpc) is 2.86. The Kier molecular flexibility index (Phi) is 7.08. The van der Waals surface area contributed by atoms with Gasteiger partial charge in [-0.2, -0.15) is 5.10 Å². The van der Waals surface area contributed by atoms with Crippen molar-refractivity contribution in [2.45, 2.75) is 20.8 Å². The van der Waals surface area contributed by atoms with E-state index < -0.39 is 0 Å². The van der Waals surface area contributed by atoms with Crippen LogP contribution in [0.15, 0.2) is 30.5 Å². The number of rotatable bonds is 6. The highest BCUT2D eigenvalue weighted by Crippen LogP contribution is 2.17. The molecule has 120 valence electrons. The topological polar surface area (TPSA) is 58.9 Å². The molecule has 1 heterocycles. The number of aryl methyl sites for hydroxylation is 1. The van der Waals surface area contributed by atoms with Crippen molar-refractivity contribution in [1.29, 1.82) is 0 Å². The van der Waals surface area contributed by atoms with Crippen LogP contribution in [0.3, 0.4) is 0 Å². The van der Waals surface area contributed by atoms with Gasteiger partial charge in [-0.3, -0.25) is 4.79 Å². The summed E-state index contributed by atoms with van der Waals surface area (Å²) >= 11 is 0. The number of carbonyl (C=O) groups is 1. The second kappa shape index (κ2) is 8.56. The molecule has 1 aromatic carbocycles. The summed E-state index contributed by atoms with van der Waals surface area (Å²) in [5.41, 5.74) is 3.60. The van der Waals surface area contributed by atoms with Crippen LogP contribution in [-0.2, 0) is 0 Å². The van der Waals surface area contributed by atoms with E-state index in [1.807, 2.05) is 49.7 Å². The van der Waals surface area contributed by atoms with Gasteiger partial charge < -0.3 is 10.6 Å². The van der Waals surface area contributed by atoms with Crippen molar-refractivity contribution >= 4 is 18.3 Å². The Balaban J connectivity index is 0.00000242. The summed E-state index contributed by atoms with van der Waals surface area (Å²) in [5, 5.41) is 10.4. The lowest BCUT2D eigenvalue weighted by Crippen LogP contribution is -2.31. The second-order valence-electron chi connectivity index (χ2n) is 4.95. The zero-order chi connectivity index (χ0) is 15.2. The van der Waals surface area contributed by atoms with Gasteiger partial charge in [0, 0.05) is 13.1 Å². The van der Waals surface area contributed by atoms with Crippen LogP contribution in [-0.4, -0.2) is 35.3 Å². The summed E-state index contributed by atoms with van der Waals surface area (Å²) in [7, 11) is 0. The van der Waals surface area contributed by atoms with E-state index in [1.165, 1.54) is 0 Å². The van der Waals surface area contributed by atoms with Crippen LogP contribution in [0.25, 0.3) is 5.69 Å². The van der Waals surface area contributed by atoms with Gasteiger partial charge >= 0.3 is 0 Å². The van der Waals surface area contributed by atoms with Crippen LogP contribution in [0.1, 0.15) is 28.5 Å². The van der Waals surface area contributed by atoms with Crippen molar-refractivity contribution in [3.05, 3.63) is 47.3 Å². The smallest absolute Gasteiger partial charge is 0.254 e. The lowest BCUT2D eigenvalue weighted by molar-refractivity contribution is 0.0953. The third-order valence-electron chi connectivity index (χ3n) is 3.44. The zero-order valence-electron chi connectivity index (χ0n) is 13.2. The summed E-state index contributed by atoms with van der Waals surface area (Å²) in [6.07, 6.45) is 1.63. The quantitative estimate of drug-likeness (QED) is 0.802. The Hall–Kier alpha value is -1.85. The Morgan fingerprint density at radius 2 is 1.95 bits per heavy atom. The molecule has 2 N–H and O–H groups in total. The minimum absolute atomic E-state index is 0. The van der Waals surface area contributed by atoms with Crippen molar-refractivity contribution in [3.63, 3.8) is 0 Å². The van der Waals surface area contributed by atoms with Crippen LogP contribution in [0.2, 0.25) is 0 Å².